The van der Waals surface area contributed by atoms with Crippen LogP contribution in [0.25, 0.3) is 0 Å². The van der Waals surface area contributed by atoms with Gasteiger partial charge in [-0.2, -0.15) is 0 Å². The van der Waals surface area contributed by atoms with Gasteiger partial charge in [0.25, 0.3) is 0 Å². The van der Waals surface area contributed by atoms with E-state index in [1.165, 1.54) is 0 Å². The van der Waals surface area contributed by atoms with Gasteiger partial charge in [0, 0.05) is 6.20 Å². The summed E-state index contributed by atoms with van der Waals surface area (Å²) in [6.45, 7) is 14.9. The van der Waals surface area contributed by atoms with Crippen LogP contribution in [0, 0.1) is 0 Å². The first-order chi connectivity index (χ1) is 7.03. The van der Waals surface area contributed by atoms with Crippen molar-refractivity contribution in [1.29, 1.82) is 0 Å². The predicted octanol–water partition coefficient (Wildman–Crippen LogP) is 1.32. The van der Waals surface area contributed by atoms with E-state index >= 15 is 0 Å². The Morgan fingerprint density at radius 3 is 2.00 bits per heavy atom. The van der Waals surface area contributed by atoms with E-state index in [9.17, 15) is 0 Å². The van der Waals surface area contributed by atoms with Crippen molar-refractivity contribution in [2.75, 3.05) is 6.67 Å². The maximum atomic E-state index is 6.17. The molecule has 1 heterocycles. The molecule has 4 N–H and O–H groups in total. The van der Waals surface area contributed by atoms with Crippen LogP contribution in [-0.4, -0.2) is 38.4 Å². The highest BCUT2D eigenvalue weighted by Crippen LogP contribution is 2.23. The lowest BCUT2D eigenvalue weighted by atomic mass is 10.3. The van der Waals surface area contributed by atoms with Gasteiger partial charge in [-0.3, -0.25) is 4.57 Å². The molecule has 0 fully saturated rings. The maximum absolute atomic E-state index is 6.17. The average Bonchev–Trinajstić information content (AvgIpc) is 2.05. The minimum atomic E-state index is -1.41. The molecule has 0 aliphatic carbocycles. The molecule has 0 aromatic rings. The van der Waals surface area contributed by atoms with Crippen molar-refractivity contribution in [3.63, 3.8) is 0 Å². The van der Waals surface area contributed by atoms with Crippen LogP contribution in [0.15, 0.2) is 11.9 Å². The van der Waals surface area contributed by atoms with Gasteiger partial charge in [0.15, 0.2) is 0 Å². The molecule has 0 saturated carbocycles. The van der Waals surface area contributed by atoms with Gasteiger partial charge in [-0.15, -0.1) is 0 Å². The Bertz CT molecular complexity index is 290. The smallest absolute Gasteiger partial charge is 0.148 e. The maximum Gasteiger partial charge on any atom is 0.148 e. The standard InChI is InChI=1S/C10H26N4Si2/c1-15(2,3)13-7-9(11)10(12)14(8-13)16(4,5)6/h7,10H,8,11-12H2,1-6H3. The zero-order valence-corrected chi connectivity index (χ0v) is 13.4. The number of rotatable bonds is 2. The summed E-state index contributed by atoms with van der Waals surface area (Å²) in [5, 5.41) is 0. The largest absolute Gasteiger partial charge is 0.399 e. The normalized spacial score (nSPS) is 24.6. The monoisotopic (exact) mass is 258 g/mol. The summed E-state index contributed by atoms with van der Waals surface area (Å²) in [6.07, 6.45) is 1.97. The summed E-state index contributed by atoms with van der Waals surface area (Å²) >= 11 is 0. The highest BCUT2D eigenvalue weighted by molar-refractivity contribution is 6.75. The first-order valence-corrected chi connectivity index (χ1v) is 12.7. The average molecular weight is 259 g/mol. The molecule has 6 heteroatoms. The predicted molar refractivity (Wildman–Crippen MR) is 75.5 cm³/mol. The van der Waals surface area contributed by atoms with E-state index in [-0.39, 0.29) is 6.17 Å². The van der Waals surface area contributed by atoms with E-state index < -0.39 is 16.5 Å². The molecule has 16 heavy (non-hydrogen) atoms. The molecule has 0 bridgehead atoms. The molecule has 0 aromatic carbocycles. The van der Waals surface area contributed by atoms with Crippen LogP contribution in [-0.2, 0) is 0 Å². The Kier molecular flexibility index (Phi) is 3.59. The van der Waals surface area contributed by atoms with Gasteiger partial charge in [-0.25, -0.2) is 0 Å². The molecule has 0 amide bonds. The minimum absolute atomic E-state index is 0.0979. The third kappa shape index (κ3) is 2.88. The number of nitrogens with zero attached hydrogens (tertiary/aromatic N) is 2. The zero-order valence-electron chi connectivity index (χ0n) is 11.4. The van der Waals surface area contributed by atoms with Crippen molar-refractivity contribution in [2.24, 2.45) is 11.5 Å². The van der Waals surface area contributed by atoms with Crippen molar-refractivity contribution in [1.82, 2.24) is 9.13 Å². The van der Waals surface area contributed by atoms with Crippen LogP contribution < -0.4 is 11.5 Å². The summed E-state index contributed by atoms with van der Waals surface area (Å²) in [5.41, 5.74) is 13.0. The molecule has 1 atom stereocenters. The van der Waals surface area contributed by atoms with E-state index in [1.807, 2.05) is 0 Å². The van der Waals surface area contributed by atoms with E-state index in [0.29, 0.717) is 0 Å². The van der Waals surface area contributed by atoms with Gasteiger partial charge in [-0.1, -0.05) is 39.3 Å². The fourth-order valence-corrected chi connectivity index (χ4v) is 4.58. The summed E-state index contributed by atoms with van der Waals surface area (Å²) in [6, 6.07) is 0. The van der Waals surface area contributed by atoms with Crippen LogP contribution >= 0.6 is 0 Å². The van der Waals surface area contributed by atoms with Gasteiger partial charge in [-0.05, 0) is 0 Å². The van der Waals surface area contributed by atoms with Crippen molar-refractivity contribution >= 4 is 16.5 Å². The number of hydrogen-bond donors (Lipinski definition) is 2. The molecule has 94 valence electrons. The van der Waals surface area contributed by atoms with Gasteiger partial charge in [0.1, 0.15) is 16.5 Å². The fraction of sp³-hybridized carbons (Fsp3) is 0.800. The van der Waals surface area contributed by atoms with Crippen LogP contribution in [0.1, 0.15) is 0 Å². The molecule has 1 rings (SSSR count). The minimum Gasteiger partial charge on any atom is -0.399 e. The Morgan fingerprint density at radius 2 is 1.62 bits per heavy atom. The third-order valence-corrected chi connectivity index (χ3v) is 7.15. The van der Waals surface area contributed by atoms with Gasteiger partial charge in [0.05, 0.1) is 18.5 Å². The lowest BCUT2D eigenvalue weighted by Crippen LogP contribution is -2.65. The first kappa shape index (κ1) is 13.8. The Labute approximate surface area is 101 Å². The molecule has 1 aliphatic rings. The van der Waals surface area contributed by atoms with Crippen LogP contribution in [0.4, 0.5) is 0 Å². The highest BCUT2D eigenvalue weighted by Gasteiger charge is 2.36. The van der Waals surface area contributed by atoms with Crippen LogP contribution in [0.5, 0.6) is 0 Å². The van der Waals surface area contributed by atoms with E-state index in [0.717, 1.165) is 12.4 Å². The second kappa shape index (κ2) is 4.17. The topological polar surface area (TPSA) is 58.5 Å². The lowest BCUT2D eigenvalue weighted by Gasteiger charge is -2.49. The summed E-state index contributed by atoms with van der Waals surface area (Å²) in [7, 11) is -2.76. The second-order valence-corrected chi connectivity index (χ2v) is 16.3. The quantitative estimate of drug-likeness (QED) is 0.734. The highest BCUT2D eigenvalue weighted by atomic mass is 28.3. The van der Waals surface area contributed by atoms with Crippen LogP contribution in [0.2, 0.25) is 39.3 Å². The van der Waals surface area contributed by atoms with Crippen molar-refractivity contribution < 1.29 is 0 Å². The third-order valence-electron chi connectivity index (χ3n) is 3.01. The van der Waals surface area contributed by atoms with Crippen molar-refractivity contribution in [3.05, 3.63) is 11.9 Å². The molecule has 0 spiro atoms. The molecule has 1 unspecified atom stereocenters. The molecule has 0 saturated heterocycles. The molecule has 0 aromatic heterocycles. The molecular formula is C10H26N4Si2. The summed E-state index contributed by atoms with van der Waals surface area (Å²) in [4.78, 5) is 0. The van der Waals surface area contributed by atoms with E-state index in [4.69, 9.17) is 11.5 Å². The number of nitrogens with two attached hydrogens (primary N) is 2. The Morgan fingerprint density at radius 1 is 1.12 bits per heavy atom. The Balaban J connectivity index is 2.99. The molecule has 0 radical (unpaired) electrons. The van der Waals surface area contributed by atoms with Gasteiger partial charge in [0.2, 0.25) is 0 Å². The molecule has 1 aliphatic heterocycles. The second-order valence-electron chi connectivity index (χ2n) is 6.50. The van der Waals surface area contributed by atoms with Gasteiger partial charge < -0.3 is 16.0 Å². The zero-order chi connectivity index (χ0) is 12.7. The molecule has 4 nitrogen and oxygen atoms in total. The SMILES string of the molecule is C[Si](C)(C)N1C=C(N)C(N)N([Si](C)(C)C)C1. The van der Waals surface area contributed by atoms with E-state index in [1.54, 1.807) is 0 Å². The summed E-state index contributed by atoms with van der Waals surface area (Å²) in [5.74, 6) is 0. The lowest BCUT2D eigenvalue weighted by molar-refractivity contribution is 0.253. The fourth-order valence-electron chi connectivity index (χ4n) is 1.76. The van der Waals surface area contributed by atoms with Crippen molar-refractivity contribution in [3.8, 4) is 0 Å². The van der Waals surface area contributed by atoms with Crippen molar-refractivity contribution in [2.45, 2.75) is 45.4 Å². The van der Waals surface area contributed by atoms with E-state index in [2.05, 4.69) is 54.6 Å². The Hall–Kier alpha value is -0.306. The number of hydrogen-bond acceptors (Lipinski definition) is 4. The van der Waals surface area contributed by atoms with Gasteiger partial charge >= 0.3 is 0 Å². The summed E-state index contributed by atoms with van der Waals surface area (Å²) < 4.78 is 4.80. The molecular weight excluding hydrogens is 232 g/mol. The van der Waals surface area contributed by atoms with Crippen LogP contribution in [0.3, 0.4) is 0 Å². The first-order valence-electron chi connectivity index (χ1n) is 5.80.